The van der Waals surface area contributed by atoms with Gasteiger partial charge in [0.1, 0.15) is 5.75 Å². The van der Waals surface area contributed by atoms with Crippen LogP contribution in [0.5, 0.6) is 5.75 Å². The number of hydrogen-bond acceptors (Lipinski definition) is 4. The van der Waals surface area contributed by atoms with Crippen molar-refractivity contribution < 1.29 is 19.1 Å². The number of amides is 1. The Labute approximate surface area is 154 Å². The second kappa shape index (κ2) is 9.61. The molecule has 0 spiro atoms. The fourth-order valence-corrected chi connectivity index (χ4v) is 2.19. The van der Waals surface area contributed by atoms with Crippen LogP contribution in [-0.4, -0.2) is 24.1 Å². The molecule has 138 valence electrons. The Morgan fingerprint density at radius 1 is 1.00 bits per heavy atom. The van der Waals surface area contributed by atoms with E-state index in [-0.39, 0.29) is 12.0 Å². The number of benzene rings is 2. The Bertz CT molecular complexity index is 713. The number of ether oxygens (including phenoxy) is 2. The zero-order valence-corrected chi connectivity index (χ0v) is 15.4. The highest BCUT2D eigenvalue weighted by Crippen LogP contribution is 2.15. The van der Waals surface area contributed by atoms with E-state index in [1.165, 1.54) is 0 Å². The minimum atomic E-state index is -0.707. The van der Waals surface area contributed by atoms with Crippen LogP contribution in [-0.2, 0) is 16.1 Å². The van der Waals surface area contributed by atoms with E-state index in [1.807, 2.05) is 44.2 Å². The van der Waals surface area contributed by atoms with Crippen molar-refractivity contribution in [3.63, 3.8) is 0 Å². The molecule has 1 N–H and O–H groups in total. The van der Waals surface area contributed by atoms with Crippen LogP contribution in [0.1, 0.15) is 43.1 Å². The van der Waals surface area contributed by atoms with Gasteiger partial charge in [-0.3, -0.25) is 4.79 Å². The van der Waals surface area contributed by atoms with E-state index in [1.54, 1.807) is 31.2 Å². The maximum Gasteiger partial charge on any atom is 0.347 e. The van der Waals surface area contributed by atoms with E-state index in [0.717, 1.165) is 12.0 Å². The molecule has 5 heteroatoms. The summed E-state index contributed by atoms with van der Waals surface area (Å²) in [6.45, 7) is 5.90. The second-order valence-corrected chi connectivity index (χ2v) is 6.11. The van der Waals surface area contributed by atoms with Crippen LogP contribution in [0.4, 0.5) is 0 Å². The van der Waals surface area contributed by atoms with Crippen LogP contribution in [0.25, 0.3) is 0 Å². The standard InChI is InChI=1S/C21H25NO4/c1-4-15(2)25-21(24)16(3)26-19-12-10-18(11-13-19)20(23)22-14-17-8-6-5-7-9-17/h5-13,15-16H,4,14H2,1-3H3,(H,22,23)/t15-,16+/m1/s1. The predicted octanol–water partition coefficient (Wildman–Crippen LogP) is 3.73. The largest absolute Gasteiger partial charge is 0.479 e. The lowest BCUT2D eigenvalue weighted by Crippen LogP contribution is -2.29. The van der Waals surface area contributed by atoms with E-state index < -0.39 is 12.1 Å². The van der Waals surface area contributed by atoms with Crippen molar-refractivity contribution in [1.82, 2.24) is 5.32 Å². The number of carbonyl (C=O) groups is 2. The Morgan fingerprint density at radius 3 is 2.27 bits per heavy atom. The summed E-state index contributed by atoms with van der Waals surface area (Å²) in [5.41, 5.74) is 1.57. The molecule has 1 amide bonds. The first-order valence-corrected chi connectivity index (χ1v) is 8.79. The van der Waals surface area contributed by atoms with Crippen molar-refractivity contribution in [3.8, 4) is 5.75 Å². The molecule has 0 radical (unpaired) electrons. The monoisotopic (exact) mass is 355 g/mol. The van der Waals surface area contributed by atoms with Gasteiger partial charge >= 0.3 is 5.97 Å². The van der Waals surface area contributed by atoms with Gasteiger partial charge in [0.15, 0.2) is 6.10 Å². The van der Waals surface area contributed by atoms with Crippen LogP contribution in [0, 0.1) is 0 Å². The van der Waals surface area contributed by atoms with E-state index in [0.29, 0.717) is 17.9 Å². The fraction of sp³-hybridized carbons (Fsp3) is 0.333. The number of rotatable bonds is 8. The lowest BCUT2D eigenvalue weighted by atomic mass is 10.2. The highest BCUT2D eigenvalue weighted by Gasteiger charge is 2.18. The first kappa shape index (κ1) is 19.5. The molecule has 26 heavy (non-hydrogen) atoms. The molecule has 0 aliphatic carbocycles. The van der Waals surface area contributed by atoms with Gasteiger partial charge in [-0.05, 0) is 50.1 Å². The maximum atomic E-state index is 12.2. The molecular formula is C21H25NO4. The molecular weight excluding hydrogens is 330 g/mol. The molecule has 5 nitrogen and oxygen atoms in total. The summed E-state index contributed by atoms with van der Waals surface area (Å²) in [5.74, 6) is -0.0492. The number of nitrogens with one attached hydrogen (secondary N) is 1. The molecule has 0 heterocycles. The molecule has 2 atom stereocenters. The highest BCUT2D eigenvalue weighted by atomic mass is 16.6. The lowest BCUT2D eigenvalue weighted by molar-refractivity contribution is -0.155. The van der Waals surface area contributed by atoms with E-state index in [2.05, 4.69) is 5.32 Å². The maximum absolute atomic E-state index is 12.2. The number of hydrogen-bond donors (Lipinski definition) is 1. The normalized spacial score (nSPS) is 12.7. The summed E-state index contributed by atoms with van der Waals surface area (Å²) in [6.07, 6.45) is -0.0865. The summed E-state index contributed by atoms with van der Waals surface area (Å²) in [7, 11) is 0. The fourth-order valence-electron chi connectivity index (χ4n) is 2.19. The molecule has 0 bridgehead atoms. The number of esters is 1. The zero-order valence-electron chi connectivity index (χ0n) is 15.4. The van der Waals surface area contributed by atoms with Crippen LogP contribution in [0.15, 0.2) is 54.6 Å². The van der Waals surface area contributed by atoms with Gasteiger partial charge in [-0.1, -0.05) is 37.3 Å². The summed E-state index contributed by atoms with van der Waals surface area (Å²) < 4.78 is 10.8. The van der Waals surface area contributed by atoms with E-state index in [4.69, 9.17) is 9.47 Å². The van der Waals surface area contributed by atoms with Gasteiger partial charge in [-0.25, -0.2) is 4.79 Å². The van der Waals surface area contributed by atoms with Crippen molar-refractivity contribution in [3.05, 3.63) is 65.7 Å². The van der Waals surface area contributed by atoms with Gasteiger partial charge < -0.3 is 14.8 Å². The first-order chi connectivity index (χ1) is 12.5. The molecule has 2 aromatic rings. The Kier molecular flexibility index (Phi) is 7.21. The summed E-state index contributed by atoms with van der Waals surface area (Å²) in [6, 6.07) is 16.4. The third-order valence-electron chi connectivity index (χ3n) is 3.95. The van der Waals surface area contributed by atoms with Gasteiger partial charge in [0.2, 0.25) is 0 Å². The quantitative estimate of drug-likeness (QED) is 0.733. The third-order valence-corrected chi connectivity index (χ3v) is 3.95. The summed E-state index contributed by atoms with van der Waals surface area (Å²) in [5, 5.41) is 2.87. The zero-order chi connectivity index (χ0) is 18.9. The smallest absolute Gasteiger partial charge is 0.347 e. The van der Waals surface area contributed by atoms with Crippen molar-refractivity contribution in [2.24, 2.45) is 0 Å². The average Bonchev–Trinajstić information content (AvgIpc) is 2.67. The third kappa shape index (κ3) is 5.92. The SMILES string of the molecule is CC[C@@H](C)OC(=O)[C@H](C)Oc1ccc(C(=O)NCc2ccccc2)cc1. The molecule has 0 saturated heterocycles. The van der Waals surface area contributed by atoms with Gasteiger partial charge in [0.25, 0.3) is 5.91 Å². The van der Waals surface area contributed by atoms with Gasteiger partial charge in [-0.2, -0.15) is 0 Å². The van der Waals surface area contributed by atoms with E-state index in [9.17, 15) is 9.59 Å². The Morgan fingerprint density at radius 2 is 1.65 bits per heavy atom. The Balaban J connectivity index is 1.87. The summed E-state index contributed by atoms with van der Waals surface area (Å²) in [4.78, 5) is 24.1. The predicted molar refractivity (Wildman–Crippen MR) is 100.0 cm³/mol. The topological polar surface area (TPSA) is 64.6 Å². The van der Waals surface area contributed by atoms with Gasteiger partial charge in [0.05, 0.1) is 6.10 Å². The highest BCUT2D eigenvalue weighted by molar-refractivity contribution is 5.94. The Hall–Kier alpha value is -2.82. The second-order valence-electron chi connectivity index (χ2n) is 6.11. The van der Waals surface area contributed by atoms with Crippen LogP contribution in [0.3, 0.4) is 0 Å². The molecule has 0 fully saturated rings. The van der Waals surface area contributed by atoms with Crippen molar-refractivity contribution >= 4 is 11.9 Å². The lowest BCUT2D eigenvalue weighted by Gasteiger charge is -2.17. The average molecular weight is 355 g/mol. The first-order valence-electron chi connectivity index (χ1n) is 8.79. The summed E-state index contributed by atoms with van der Waals surface area (Å²) >= 11 is 0. The molecule has 0 unspecified atom stereocenters. The van der Waals surface area contributed by atoms with Crippen molar-refractivity contribution in [1.29, 1.82) is 0 Å². The van der Waals surface area contributed by atoms with Crippen LogP contribution in [0.2, 0.25) is 0 Å². The molecule has 2 rings (SSSR count). The van der Waals surface area contributed by atoms with Crippen molar-refractivity contribution in [2.75, 3.05) is 0 Å². The van der Waals surface area contributed by atoms with E-state index >= 15 is 0 Å². The van der Waals surface area contributed by atoms with Crippen molar-refractivity contribution in [2.45, 2.75) is 45.9 Å². The molecule has 2 aromatic carbocycles. The van der Waals surface area contributed by atoms with Gasteiger partial charge in [-0.15, -0.1) is 0 Å². The number of carbonyl (C=O) groups excluding carboxylic acids is 2. The molecule has 0 aliphatic heterocycles. The van der Waals surface area contributed by atoms with Crippen LogP contribution < -0.4 is 10.1 Å². The molecule has 0 aliphatic rings. The minimum Gasteiger partial charge on any atom is -0.479 e. The molecule has 0 saturated carbocycles. The van der Waals surface area contributed by atoms with Crippen LogP contribution >= 0.6 is 0 Å². The van der Waals surface area contributed by atoms with Gasteiger partial charge in [0, 0.05) is 12.1 Å². The minimum absolute atomic E-state index is 0.135. The molecule has 0 aromatic heterocycles.